The Labute approximate surface area is 160 Å². The Hall–Kier alpha value is -3.08. The first-order valence-electron chi connectivity index (χ1n) is 8.02. The van der Waals surface area contributed by atoms with E-state index in [0.717, 1.165) is 11.4 Å². The average Bonchev–Trinajstić information content (AvgIpc) is 3.04. The van der Waals surface area contributed by atoms with Gasteiger partial charge in [0.1, 0.15) is 4.70 Å². The smallest absolute Gasteiger partial charge is 0.350 e. The number of nitrogens with one attached hydrogen (secondary N) is 1. The molecule has 1 aromatic carbocycles. The second-order valence-electron chi connectivity index (χ2n) is 5.89. The molecule has 0 unspecified atom stereocenters. The minimum Gasteiger partial charge on any atom is -0.350 e. The Morgan fingerprint density at radius 3 is 2.68 bits per heavy atom. The number of pyridine rings is 1. The molecule has 0 saturated heterocycles. The van der Waals surface area contributed by atoms with Crippen LogP contribution in [0, 0.1) is 17.0 Å². The van der Waals surface area contributed by atoms with E-state index in [9.17, 15) is 28.1 Å². The fourth-order valence-electron chi connectivity index (χ4n) is 2.53. The van der Waals surface area contributed by atoms with Crippen molar-refractivity contribution in [2.24, 2.45) is 0 Å². The Morgan fingerprint density at radius 1 is 1.29 bits per heavy atom. The third-order valence-electron chi connectivity index (χ3n) is 3.80. The van der Waals surface area contributed by atoms with Crippen LogP contribution < -0.4 is 5.32 Å². The molecule has 11 heteroatoms. The predicted molar refractivity (Wildman–Crippen MR) is 96.3 cm³/mol. The summed E-state index contributed by atoms with van der Waals surface area (Å²) in [5.74, 6) is -0.614. The van der Waals surface area contributed by atoms with Gasteiger partial charge in [-0.1, -0.05) is 6.07 Å². The van der Waals surface area contributed by atoms with Crippen molar-refractivity contribution in [2.75, 3.05) is 6.54 Å². The van der Waals surface area contributed by atoms with Gasteiger partial charge in [0.05, 0.1) is 16.0 Å². The van der Waals surface area contributed by atoms with Crippen LogP contribution in [0.5, 0.6) is 0 Å². The number of non-ortho nitro benzene ring substituents is 1. The van der Waals surface area contributed by atoms with Crippen molar-refractivity contribution < 1.29 is 22.9 Å². The molecule has 0 saturated carbocycles. The summed E-state index contributed by atoms with van der Waals surface area (Å²) in [5.41, 5.74) is -0.547. The third kappa shape index (κ3) is 4.25. The summed E-state index contributed by atoms with van der Waals surface area (Å²) in [6, 6.07) is 6.63. The number of nitro groups is 1. The molecule has 2 aromatic heterocycles. The predicted octanol–water partition coefficient (Wildman–Crippen LogP) is 3.90. The van der Waals surface area contributed by atoms with E-state index in [1.54, 1.807) is 6.07 Å². The maximum atomic E-state index is 12.9. The van der Waals surface area contributed by atoms with E-state index in [1.807, 2.05) is 19.1 Å². The van der Waals surface area contributed by atoms with Gasteiger partial charge in [0.25, 0.3) is 11.6 Å². The van der Waals surface area contributed by atoms with Crippen LogP contribution in [0.25, 0.3) is 10.2 Å². The van der Waals surface area contributed by atoms with Crippen molar-refractivity contribution in [1.29, 1.82) is 0 Å². The van der Waals surface area contributed by atoms with Gasteiger partial charge in [-0.25, -0.2) is 4.98 Å². The van der Waals surface area contributed by atoms with Crippen molar-refractivity contribution in [1.82, 2.24) is 15.3 Å². The molecule has 0 spiro atoms. The molecule has 2 heterocycles. The maximum Gasteiger partial charge on any atom is 0.416 e. The van der Waals surface area contributed by atoms with Gasteiger partial charge in [-0.15, -0.1) is 11.3 Å². The molecule has 0 aliphatic rings. The molecule has 146 valence electrons. The number of halogens is 3. The lowest BCUT2D eigenvalue weighted by atomic mass is 10.2. The number of aryl methyl sites for hydroxylation is 1. The lowest BCUT2D eigenvalue weighted by Crippen LogP contribution is -2.25. The highest BCUT2D eigenvalue weighted by Crippen LogP contribution is 2.38. The summed E-state index contributed by atoms with van der Waals surface area (Å²) in [6.45, 7) is 2.08. The van der Waals surface area contributed by atoms with E-state index in [-0.39, 0.29) is 21.8 Å². The van der Waals surface area contributed by atoms with E-state index >= 15 is 0 Å². The topological polar surface area (TPSA) is 98.0 Å². The summed E-state index contributed by atoms with van der Waals surface area (Å²) in [4.78, 5) is 30.6. The highest BCUT2D eigenvalue weighted by molar-refractivity contribution is 7.20. The van der Waals surface area contributed by atoms with E-state index in [4.69, 9.17) is 0 Å². The number of thiazole rings is 1. The van der Waals surface area contributed by atoms with Crippen molar-refractivity contribution >= 4 is 33.1 Å². The average molecular weight is 410 g/mol. The summed E-state index contributed by atoms with van der Waals surface area (Å²) in [7, 11) is 0. The normalized spacial score (nSPS) is 11.6. The third-order valence-corrected chi connectivity index (χ3v) is 4.89. The Morgan fingerprint density at radius 2 is 2.04 bits per heavy atom. The number of fused-ring (bicyclic) bond motifs is 1. The zero-order chi connectivity index (χ0) is 20.5. The first kappa shape index (κ1) is 19.7. The van der Waals surface area contributed by atoms with Gasteiger partial charge in [0.15, 0.2) is 5.01 Å². The van der Waals surface area contributed by atoms with E-state index < -0.39 is 28.3 Å². The van der Waals surface area contributed by atoms with Gasteiger partial charge in [0, 0.05) is 30.4 Å². The summed E-state index contributed by atoms with van der Waals surface area (Å²) in [5, 5.41) is 13.6. The molecule has 0 bridgehead atoms. The van der Waals surface area contributed by atoms with Crippen molar-refractivity contribution in [3.63, 3.8) is 0 Å². The van der Waals surface area contributed by atoms with Crippen LogP contribution in [0.15, 0.2) is 30.3 Å². The Bertz CT molecular complexity index is 1070. The lowest BCUT2D eigenvalue weighted by molar-refractivity contribution is -0.383. The Kier molecular flexibility index (Phi) is 5.27. The molecular formula is C17H13F3N4O3S. The number of aromatic nitrogens is 2. The number of rotatable bonds is 5. The molecule has 0 fully saturated rings. The molecule has 0 aliphatic carbocycles. The lowest BCUT2D eigenvalue weighted by Gasteiger charge is -2.05. The number of amides is 1. The highest BCUT2D eigenvalue weighted by Gasteiger charge is 2.34. The molecule has 1 N–H and O–H groups in total. The second-order valence-corrected chi connectivity index (χ2v) is 6.89. The molecule has 3 rings (SSSR count). The van der Waals surface area contributed by atoms with Crippen molar-refractivity contribution in [3.05, 3.63) is 62.4 Å². The van der Waals surface area contributed by atoms with Crippen LogP contribution in [-0.4, -0.2) is 27.3 Å². The number of nitrogens with zero attached hydrogens (tertiary/aromatic N) is 3. The fraction of sp³-hybridized carbons (Fsp3) is 0.235. The van der Waals surface area contributed by atoms with Crippen LogP contribution in [0.4, 0.5) is 18.9 Å². The molecular weight excluding hydrogens is 397 g/mol. The van der Waals surface area contributed by atoms with Gasteiger partial charge in [0.2, 0.25) is 0 Å². The van der Waals surface area contributed by atoms with Crippen LogP contribution in [0.2, 0.25) is 0 Å². The van der Waals surface area contributed by atoms with Gasteiger partial charge < -0.3 is 5.32 Å². The van der Waals surface area contributed by atoms with Gasteiger partial charge >= 0.3 is 6.18 Å². The number of hydrogen-bond acceptors (Lipinski definition) is 6. The van der Waals surface area contributed by atoms with Crippen LogP contribution in [0.1, 0.15) is 26.8 Å². The minimum atomic E-state index is -4.76. The highest BCUT2D eigenvalue weighted by atomic mass is 32.1. The van der Waals surface area contributed by atoms with E-state index in [1.165, 1.54) is 0 Å². The summed E-state index contributed by atoms with van der Waals surface area (Å²) in [6.07, 6.45) is -4.30. The van der Waals surface area contributed by atoms with Crippen LogP contribution in [-0.2, 0) is 12.6 Å². The quantitative estimate of drug-likeness (QED) is 0.508. The largest absolute Gasteiger partial charge is 0.416 e. The number of carbonyl (C=O) groups is 1. The first-order valence-corrected chi connectivity index (χ1v) is 8.83. The van der Waals surface area contributed by atoms with Crippen molar-refractivity contribution in [3.8, 4) is 0 Å². The first-order chi connectivity index (χ1) is 13.1. The van der Waals surface area contributed by atoms with Gasteiger partial charge in [-0.3, -0.25) is 19.9 Å². The minimum absolute atomic E-state index is 0.0801. The number of alkyl halides is 3. The van der Waals surface area contributed by atoms with E-state index in [0.29, 0.717) is 29.9 Å². The summed E-state index contributed by atoms with van der Waals surface area (Å²) >= 11 is 0.681. The molecule has 3 aromatic rings. The number of hydrogen-bond donors (Lipinski definition) is 1. The molecule has 28 heavy (non-hydrogen) atoms. The van der Waals surface area contributed by atoms with Gasteiger partial charge in [-0.05, 0) is 25.1 Å². The van der Waals surface area contributed by atoms with E-state index in [2.05, 4.69) is 15.3 Å². The van der Waals surface area contributed by atoms with Crippen molar-refractivity contribution in [2.45, 2.75) is 19.5 Å². The molecule has 0 atom stereocenters. The maximum absolute atomic E-state index is 12.9. The van der Waals surface area contributed by atoms with Gasteiger partial charge in [-0.2, -0.15) is 13.2 Å². The number of benzene rings is 1. The second kappa shape index (κ2) is 7.50. The van der Waals surface area contributed by atoms with Crippen LogP contribution in [0.3, 0.4) is 0 Å². The molecule has 7 nitrogen and oxygen atoms in total. The zero-order valence-electron chi connectivity index (χ0n) is 14.4. The number of nitro benzene ring substituents is 1. The van der Waals surface area contributed by atoms with Crippen LogP contribution >= 0.6 is 11.3 Å². The standard InChI is InChI=1S/C17H13F3N4O3S/c1-9-3-2-4-11(22-9)5-6-21-15(25)16-23-12-7-10(17(18,19)20)8-13(24(26)27)14(12)28-16/h2-4,7-8H,5-6H2,1H3,(H,21,25). The molecule has 0 aliphatic heterocycles. The molecule has 0 radical (unpaired) electrons. The molecule has 1 amide bonds. The zero-order valence-corrected chi connectivity index (χ0v) is 15.2. The SMILES string of the molecule is Cc1cccc(CCNC(=O)c2nc3cc(C(F)(F)F)cc([N+](=O)[O-])c3s2)n1. The fourth-order valence-corrected chi connectivity index (χ4v) is 3.48. The number of carbonyl (C=O) groups excluding carboxylic acids is 1. The summed E-state index contributed by atoms with van der Waals surface area (Å²) < 4.78 is 38.8. The monoisotopic (exact) mass is 410 g/mol. The Balaban J connectivity index is 1.82.